The molecular formula is C18H17N2+. The first-order valence-corrected chi connectivity index (χ1v) is 7.00. The van der Waals surface area contributed by atoms with E-state index in [1.165, 1.54) is 33.4 Å². The first kappa shape index (κ1) is 11.5. The highest BCUT2D eigenvalue weighted by Gasteiger charge is 2.19. The van der Waals surface area contributed by atoms with Crippen LogP contribution in [0.2, 0.25) is 0 Å². The van der Waals surface area contributed by atoms with Crippen molar-refractivity contribution in [3.8, 4) is 0 Å². The Kier molecular flexibility index (Phi) is 2.34. The summed E-state index contributed by atoms with van der Waals surface area (Å²) >= 11 is 0. The molecule has 0 saturated heterocycles. The van der Waals surface area contributed by atoms with Gasteiger partial charge in [-0.1, -0.05) is 24.3 Å². The Morgan fingerprint density at radius 1 is 1.00 bits per heavy atom. The molecule has 98 valence electrons. The summed E-state index contributed by atoms with van der Waals surface area (Å²) in [4.78, 5) is 0. The van der Waals surface area contributed by atoms with Crippen molar-refractivity contribution in [2.45, 2.75) is 20.5 Å². The van der Waals surface area contributed by atoms with Gasteiger partial charge in [0.05, 0.1) is 5.69 Å². The molecule has 0 N–H and O–H groups in total. The van der Waals surface area contributed by atoms with Crippen LogP contribution in [-0.2, 0) is 6.67 Å². The molecule has 0 unspecified atom stereocenters. The molecule has 0 atom stereocenters. The lowest BCUT2D eigenvalue weighted by Gasteiger charge is -2.05. The van der Waals surface area contributed by atoms with Gasteiger partial charge in [0, 0.05) is 34.7 Å². The lowest BCUT2D eigenvalue weighted by Crippen LogP contribution is -2.39. The van der Waals surface area contributed by atoms with E-state index in [1.54, 1.807) is 0 Å². The molecular weight excluding hydrogens is 244 g/mol. The largest absolute Gasteiger partial charge is 0.289 e. The van der Waals surface area contributed by atoms with Gasteiger partial charge in [0.2, 0.25) is 12.4 Å². The second kappa shape index (κ2) is 4.07. The predicted molar refractivity (Wildman–Crippen MR) is 82.4 cm³/mol. The van der Waals surface area contributed by atoms with Gasteiger partial charge in [0.1, 0.15) is 0 Å². The number of fused-ring (bicyclic) bond motifs is 4. The Bertz CT molecular complexity index is 853. The van der Waals surface area contributed by atoms with Crippen molar-refractivity contribution in [2.24, 2.45) is 0 Å². The van der Waals surface area contributed by atoms with E-state index in [0.717, 1.165) is 6.67 Å². The highest BCUT2D eigenvalue weighted by Crippen LogP contribution is 2.28. The normalized spacial score (nSPS) is 13.1. The molecule has 0 spiro atoms. The molecule has 2 aromatic heterocycles. The first-order valence-electron chi connectivity index (χ1n) is 7.00. The lowest BCUT2D eigenvalue weighted by molar-refractivity contribution is -0.702. The van der Waals surface area contributed by atoms with Crippen LogP contribution in [0.4, 0.5) is 0 Å². The average Bonchev–Trinajstić information content (AvgIpc) is 2.61. The van der Waals surface area contributed by atoms with E-state index in [1.807, 2.05) is 0 Å². The quantitative estimate of drug-likeness (QED) is 0.428. The summed E-state index contributed by atoms with van der Waals surface area (Å²) in [6.07, 6.45) is 6.64. The third kappa shape index (κ3) is 1.54. The van der Waals surface area contributed by atoms with Gasteiger partial charge in [0.15, 0.2) is 6.20 Å². The molecule has 0 bridgehead atoms. The van der Waals surface area contributed by atoms with Crippen LogP contribution in [-0.4, -0.2) is 4.57 Å². The van der Waals surface area contributed by atoms with Gasteiger partial charge >= 0.3 is 0 Å². The van der Waals surface area contributed by atoms with Crippen molar-refractivity contribution in [3.05, 3.63) is 65.2 Å². The highest BCUT2D eigenvalue weighted by molar-refractivity contribution is 5.94. The molecule has 3 aromatic rings. The molecule has 2 heteroatoms. The fraction of sp³-hybridized carbons (Fsp3) is 0.167. The third-order valence-electron chi connectivity index (χ3n) is 4.22. The van der Waals surface area contributed by atoms with Crippen molar-refractivity contribution in [1.29, 1.82) is 0 Å². The summed E-state index contributed by atoms with van der Waals surface area (Å²) in [6, 6.07) is 13.1. The summed E-state index contributed by atoms with van der Waals surface area (Å²) in [5.41, 5.74) is 5.20. The van der Waals surface area contributed by atoms with Gasteiger partial charge in [-0.2, -0.15) is 4.57 Å². The van der Waals surface area contributed by atoms with Gasteiger partial charge in [-0.15, -0.1) is 0 Å². The van der Waals surface area contributed by atoms with E-state index >= 15 is 0 Å². The first-order chi connectivity index (χ1) is 9.74. The third-order valence-corrected chi connectivity index (χ3v) is 4.22. The minimum atomic E-state index is 0.873. The number of aryl methyl sites for hydroxylation is 2. The van der Waals surface area contributed by atoms with E-state index < -0.39 is 0 Å². The van der Waals surface area contributed by atoms with Crippen molar-refractivity contribution in [2.75, 3.05) is 0 Å². The standard InChI is InChI=1S/C18H17N2/c1-13-9-10-19-12-20-14(2)16-5-3-4-6-17(16)18(20)8-7-15(19)11-13/h3-11H,12H2,1-2H3/q+1. The molecule has 0 amide bonds. The van der Waals surface area contributed by atoms with Crippen LogP contribution in [0.5, 0.6) is 0 Å². The van der Waals surface area contributed by atoms with Gasteiger partial charge in [-0.3, -0.25) is 4.57 Å². The van der Waals surface area contributed by atoms with Gasteiger partial charge in [0.25, 0.3) is 0 Å². The molecule has 4 rings (SSSR count). The molecule has 3 heterocycles. The van der Waals surface area contributed by atoms with Crippen LogP contribution in [0.15, 0.2) is 42.6 Å². The van der Waals surface area contributed by atoms with Crippen molar-refractivity contribution in [1.82, 2.24) is 4.57 Å². The monoisotopic (exact) mass is 261 g/mol. The van der Waals surface area contributed by atoms with Crippen LogP contribution < -0.4 is 4.57 Å². The molecule has 20 heavy (non-hydrogen) atoms. The maximum Gasteiger partial charge on any atom is 0.228 e. The van der Waals surface area contributed by atoms with E-state index in [-0.39, 0.29) is 0 Å². The predicted octanol–water partition coefficient (Wildman–Crippen LogP) is 3.54. The number of nitrogens with zero attached hydrogens (tertiary/aromatic N) is 2. The molecule has 1 aliphatic rings. The minimum Gasteiger partial charge on any atom is -0.289 e. The van der Waals surface area contributed by atoms with E-state index in [4.69, 9.17) is 0 Å². The van der Waals surface area contributed by atoms with Crippen molar-refractivity contribution < 1.29 is 4.57 Å². The van der Waals surface area contributed by atoms with Crippen LogP contribution in [0, 0.1) is 13.8 Å². The summed E-state index contributed by atoms with van der Waals surface area (Å²) < 4.78 is 4.69. The number of aromatic nitrogens is 2. The number of rotatable bonds is 0. The Hall–Kier alpha value is -2.35. The summed E-state index contributed by atoms with van der Waals surface area (Å²) in [6.45, 7) is 5.22. The van der Waals surface area contributed by atoms with Crippen LogP contribution >= 0.6 is 0 Å². The van der Waals surface area contributed by atoms with E-state index in [9.17, 15) is 0 Å². The van der Waals surface area contributed by atoms with Crippen LogP contribution in [0.25, 0.3) is 22.9 Å². The molecule has 1 aromatic carbocycles. The SMILES string of the molecule is Cc1cc[n+]2c(c1)C=Cc1c3ccccc3c(C)n1C2. The second-order valence-corrected chi connectivity index (χ2v) is 5.52. The van der Waals surface area contributed by atoms with Gasteiger partial charge < -0.3 is 0 Å². The Morgan fingerprint density at radius 2 is 1.80 bits per heavy atom. The summed E-state index contributed by atoms with van der Waals surface area (Å²) in [7, 11) is 0. The van der Waals surface area contributed by atoms with Crippen LogP contribution in [0.1, 0.15) is 22.6 Å². The fourth-order valence-electron chi connectivity index (χ4n) is 3.10. The zero-order chi connectivity index (χ0) is 13.7. The summed E-state index contributed by atoms with van der Waals surface area (Å²) in [5, 5.41) is 2.69. The zero-order valence-electron chi connectivity index (χ0n) is 11.8. The minimum absolute atomic E-state index is 0.873. The topological polar surface area (TPSA) is 8.81 Å². The number of benzene rings is 1. The highest BCUT2D eigenvalue weighted by atomic mass is 15.2. The van der Waals surface area contributed by atoms with Crippen molar-refractivity contribution >= 4 is 22.9 Å². The van der Waals surface area contributed by atoms with Crippen LogP contribution in [0.3, 0.4) is 0 Å². The van der Waals surface area contributed by atoms with Crippen molar-refractivity contribution in [3.63, 3.8) is 0 Å². The van der Waals surface area contributed by atoms with E-state index in [0.29, 0.717) is 0 Å². The Labute approximate surface area is 118 Å². The fourth-order valence-corrected chi connectivity index (χ4v) is 3.10. The van der Waals surface area contributed by atoms with Gasteiger partial charge in [-0.25, -0.2) is 0 Å². The summed E-state index contributed by atoms with van der Waals surface area (Å²) in [5.74, 6) is 0. The Morgan fingerprint density at radius 3 is 2.65 bits per heavy atom. The zero-order valence-corrected chi connectivity index (χ0v) is 11.8. The molecule has 0 radical (unpaired) electrons. The smallest absolute Gasteiger partial charge is 0.228 e. The number of hydrogen-bond donors (Lipinski definition) is 0. The maximum absolute atomic E-state index is 2.40. The lowest BCUT2D eigenvalue weighted by atomic mass is 10.1. The molecule has 0 saturated carbocycles. The average molecular weight is 261 g/mol. The maximum atomic E-state index is 2.40. The van der Waals surface area contributed by atoms with Gasteiger partial charge in [-0.05, 0) is 25.5 Å². The number of pyridine rings is 1. The molecule has 0 fully saturated rings. The van der Waals surface area contributed by atoms with E-state index in [2.05, 4.69) is 77.7 Å². The molecule has 0 aliphatic carbocycles. The Balaban J connectivity index is 2.01. The second-order valence-electron chi connectivity index (χ2n) is 5.52. The number of hydrogen-bond acceptors (Lipinski definition) is 0. The molecule has 2 nitrogen and oxygen atoms in total. The molecule has 1 aliphatic heterocycles.